The first-order valence-corrected chi connectivity index (χ1v) is 5.96. The lowest BCUT2D eigenvalue weighted by atomic mass is 10.1. The van der Waals surface area contributed by atoms with Crippen LogP contribution in [0.3, 0.4) is 0 Å². The van der Waals surface area contributed by atoms with E-state index in [1.54, 1.807) is 6.92 Å². The van der Waals surface area contributed by atoms with E-state index in [1.165, 1.54) is 12.1 Å². The molecule has 2 rings (SSSR count). The van der Waals surface area contributed by atoms with Crippen molar-refractivity contribution >= 4 is 27.5 Å². The number of nitrogens with one attached hydrogen (secondary N) is 1. The van der Waals surface area contributed by atoms with Crippen LogP contribution in [0.15, 0.2) is 16.6 Å². The zero-order chi connectivity index (χ0) is 12.6. The second-order valence-corrected chi connectivity index (χ2v) is 5.08. The summed E-state index contributed by atoms with van der Waals surface area (Å²) in [5.41, 5.74) is 0.297. The van der Waals surface area contributed by atoms with Crippen molar-refractivity contribution in [2.45, 2.75) is 19.8 Å². The first-order valence-electron chi connectivity index (χ1n) is 5.17. The maximum absolute atomic E-state index is 13.2. The van der Waals surface area contributed by atoms with Crippen LogP contribution in [0.4, 0.5) is 10.1 Å². The van der Waals surface area contributed by atoms with Crippen molar-refractivity contribution in [3.63, 3.8) is 0 Å². The Bertz CT molecular complexity index is 532. The molecule has 0 heterocycles. The number of aryl methyl sites for hydroxylation is 1. The highest BCUT2D eigenvalue weighted by Crippen LogP contribution is 2.46. The van der Waals surface area contributed by atoms with Crippen molar-refractivity contribution < 1.29 is 9.18 Å². The molecular formula is C12H10BrFN2O. The molecule has 1 fully saturated rings. The van der Waals surface area contributed by atoms with Gasteiger partial charge in [0.05, 0.1) is 10.5 Å². The molecule has 0 bridgehead atoms. The number of nitrogens with zero attached hydrogens (tertiary/aromatic N) is 1. The van der Waals surface area contributed by atoms with E-state index in [-0.39, 0.29) is 11.7 Å². The summed E-state index contributed by atoms with van der Waals surface area (Å²) in [5, 5.41) is 11.6. The van der Waals surface area contributed by atoms with Gasteiger partial charge in [0.2, 0.25) is 5.91 Å². The van der Waals surface area contributed by atoms with Crippen molar-refractivity contribution in [1.29, 1.82) is 5.26 Å². The number of carbonyl (C=O) groups excluding carboxylic acids is 1. The Morgan fingerprint density at radius 3 is 2.76 bits per heavy atom. The summed E-state index contributed by atoms with van der Waals surface area (Å²) in [5.74, 6) is -0.677. The predicted octanol–water partition coefficient (Wildman–Crippen LogP) is 3.14. The van der Waals surface area contributed by atoms with E-state index in [9.17, 15) is 9.18 Å². The van der Waals surface area contributed by atoms with Gasteiger partial charge in [0.1, 0.15) is 11.2 Å². The van der Waals surface area contributed by atoms with Gasteiger partial charge in [0.15, 0.2) is 0 Å². The number of rotatable bonds is 2. The highest BCUT2D eigenvalue weighted by Gasteiger charge is 2.50. The second-order valence-electron chi connectivity index (χ2n) is 4.23. The first kappa shape index (κ1) is 12.1. The van der Waals surface area contributed by atoms with Crippen LogP contribution in [0.5, 0.6) is 0 Å². The van der Waals surface area contributed by atoms with E-state index in [1.807, 2.05) is 6.07 Å². The van der Waals surface area contributed by atoms with Gasteiger partial charge in [-0.2, -0.15) is 5.26 Å². The number of nitriles is 1. The standard InChI is InChI=1S/C12H10BrFN2O/c1-7-4-9(14)8(13)5-10(7)16-11(17)12(6-15)2-3-12/h4-5H,2-3H2,1H3,(H,16,17). The fourth-order valence-electron chi connectivity index (χ4n) is 1.54. The van der Waals surface area contributed by atoms with Gasteiger partial charge in [-0.3, -0.25) is 4.79 Å². The zero-order valence-corrected chi connectivity index (χ0v) is 10.8. The lowest BCUT2D eigenvalue weighted by molar-refractivity contribution is -0.119. The molecule has 1 amide bonds. The highest BCUT2D eigenvalue weighted by atomic mass is 79.9. The van der Waals surface area contributed by atoms with Gasteiger partial charge in [-0.1, -0.05) is 0 Å². The molecule has 88 valence electrons. The Balaban J connectivity index is 2.23. The lowest BCUT2D eigenvalue weighted by Crippen LogP contribution is -2.23. The first-order chi connectivity index (χ1) is 7.98. The summed E-state index contributed by atoms with van der Waals surface area (Å²) in [7, 11) is 0. The molecule has 0 atom stereocenters. The SMILES string of the molecule is Cc1cc(F)c(Br)cc1NC(=O)C1(C#N)CC1. The van der Waals surface area contributed by atoms with Gasteiger partial charge >= 0.3 is 0 Å². The third-order valence-electron chi connectivity index (χ3n) is 2.91. The third-order valence-corrected chi connectivity index (χ3v) is 3.52. The lowest BCUT2D eigenvalue weighted by Gasteiger charge is -2.11. The fourth-order valence-corrected chi connectivity index (χ4v) is 1.88. The van der Waals surface area contributed by atoms with Crippen LogP contribution in [0.1, 0.15) is 18.4 Å². The van der Waals surface area contributed by atoms with Gasteiger partial charge < -0.3 is 5.32 Å². The molecule has 1 aromatic rings. The van der Waals surface area contributed by atoms with Crippen molar-refractivity contribution in [2.24, 2.45) is 5.41 Å². The van der Waals surface area contributed by atoms with Crippen LogP contribution >= 0.6 is 15.9 Å². The Kier molecular flexibility index (Phi) is 2.92. The van der Waals surface area contributed by atoms with Crippen LogP contribution < -0.4 is 5.32 Å². The van der Waals surface area contributed by atoms with Gasteiger partial charge in [0.25, 0.3) is 0 Å². The summed E-state index contributed by atoms with van der Waals surface area (Å²) in [4.78, 5) is 11.8. The van der Waals surface area contributed by atoms with Gasteiger partial charge in [-0.05, 0) is 53.4 Å². The van der Waals surface area contributed by atoms with Crippen LogP contribution in [0.2, 0.25) is 0 Å². The summed E-state index contributed by atoms with van der Waals surface area (Å²) >= 11 is 3.06. The van der Waals surface area contributed by atoms with E-state index in [2.05, 4.69) is 21.2 Å². The topological polar surface area (TPSA) is 52.9 Å². The molecule has 0 aliphatic heterocycles. The number of carbonyl (C=O) groups is 1. The Morgan fingerprint density at radius 1 is 1.59 bits per heavy atom. The van der Waals surface area contributed by atoms with Crippen LogP contribution in [-0.2, 0) is 4.79 Å². The molecular weight excluding hydrogens is 287 g/mol. The average Bonchev–Trinajstić information content (AvgIpc) is 3.06. The summed E-state index contributed by atoms with van der Waals surface area (Å²) < 4.78 is 13.5. The van der Waals surface area contributed by atoms with E-state index in [0.29, 0.717) is 28.6 Å². The number of amides is 1. The van der Waals surface area contributed by atoms with Gasteiger partial charge in [-0.15, -0.1) is 0 Å². The van der Waals surface area contributed by atoms with Crippen molar-refractivity contribution in [2.75, 3.05) is 5.32 Å². The Labute approximate surface area is 107 Å². The fraction of sp³-hybridized carbons (Fsp3) is 0.333. The molecule has 1 saturated carbocycles. The number of anilines is 1. The van der Waals surface area contributed by atoms with Crippen molar-refractivity contribution in [1.82, 2.24) is 0 Å². The smallest absolute Gasteiger partial charge is 0.244 e. The van der Waals surface area contributed by atoms with E-state index in [4.69, 9.17) is 5.26 Å². The summed E-state index contributed by atoms with van der Waals surface area (Å²) in [6, 6.07) is 4.87. The zero-order valence-electron chi connectivity index (χ0n) is 9.18. The molecule has 0 aromatic heterocycles. The summed E-state index contributed by atoms with van der Waals surface area (Å²) in [6.45, 7) is 1.71. The summed E-state index contributed by atoms with van der Waals surface area (Å²) in [6.07, 6.45) is 1.19. The van der Waals surface area contributed by atoms with Gasteiger partial charge in [0, 0.05) is 5.69 Å². The van der Waals surface area contributed by atoms with Crippen LogP contribution in [-0.4, -0.2) is 5.91 Å². The number of halogens is 2. The van der Waals surface area contributed by atoms with Crippen LogP contribution in [0, 0.1) is 29.5 Å². The van der Waals surface area contributed by atoms with Crippen LogP contribution in [0.25, 0.3) is 0 Å². The Hall–Kier alpha value is -1.41. The quantitative estimate of drug-likeness (QED) is 0.911. The molecule has 0 saturated heterocycles. The Morgan fingerprint density at radius 2 is 2.24 bits per heavy atom. The maximum Gasteiger partial charge on any atom is 0.244 e. The van der Waals surface area contributed by atoms with Crippen molar-refractivity contribution in [3.8, 4) is 6.07 Å². The highest BCUT2D eigenvalue weighted by molar-refractivity contribution is 9.10. The molecule has 1 aliphatic carbocycles. The normalized spacial score (nSPS) is 16.1. The molecule has 1 N–H and O–H groups in total. The van der Waals surface area contributed by atoms with Crippen molar-refractivity contribution in [3.05, 3.63) is 28.0 Å². The molecule has 0 spiro atoms. The molecule has 1 aromatic carbocycles. The van der Waals surface area contributed by atoms with E-state index in [0.717, 1.165) is 0 Å². The molecule has 5 heteroatoms. The second kappa shape index (κ2) is 4.11. The molecule has 1 aliphatic rings. The largest absolute Gasteiger partial charge is 0.324 e. The van der Waals surface area contributed by atoms with Gasteiger partial charge in [-0.25, -0.2) is 4.39 Å². The minimum absolute atomic E-state index is 0.292. The van der Waals surface area contributed by atoms with E-state index >= 15 is 0 Å². The minimum Gasteiger partial charge on any atom is -0.324 e. The number of hydrogen-bond donors (Lipinski definition) is 1. The number of benzene rings is 1. The van der Waals surface area contributed by atoms with E-state index < -0.39 is 5.41 Å². The minimum atomic E-state index is -0.868. The maximum atomic E-state index is 13.2. The predicted molar refractivity (Wildman–Crippen MR) is 64.7 cm³/mol. The monoisotopic (exact) mass is 296 g/mol. The molecule has 0 unspecified atom stereocenters. The molecule has 17 heavy (non-hydrogen) atoms. The number of hydrogen-bond acceptors (Lipinski definition) is 2. The average molecular weight is 297 g/mol. The third kappa shape index (κ3) is 2.18. The molecule has 0 radical (unpaired) electrons. The molecule has 3 nitrogen and oxygen atoms in total.